The smallest absolute Gasteiger partial charge is 0.244 e. The lowest BCUT2D eigenvalue weighted by Crippen LogP contribution is -2.08. The molecule has 15 heteroatoms. The summed E-state index contributed by atoms with van der Waals surface area (Å²) in [6, 6.07) is 8.67. The van der Waals surface area contributed by atoms with Gasteiger partial charge in [-0.05, 0) is 48.5 Å². The van der Waals surface area contributed by atoms with Gasteiger partial charge in [-0.15, -0.1) is 15.1 Å². The number of sulfone groups is 1. The van der Waals surface area contributed by atoms with E-state index in [0.29, 0.717) is 34.7 Å². The van der Waals surface area contributed by atoms with Gasteiger partial charge in [0.2, 0.25) is 9.84 Å². The van der Waals surface area contributed by atoms with Crippen LogP contribution in [-0.4, -0.2) is 32.3 Å². The average molecular weight is 545 g/mol. The van der Waals surface area contributed by atoms with Crippen LogP contribution in [0.3, 0.4) is 0 Å². The Hall–Kier alpha value is -2.00. The Morgan fingerprint density at radius 1 is 0.906 bits per heavy atom. The third kappa shape index (κ3) is 5.14. The molecule has 32 heavy (non-hydrogen) atoms. The molecular weight excluding hydrogens is 533 g/mol. The van der Waals surface area contributed by atoms with Gasteiger partial charge in [0, 0.05) is 22.4 Å². The summed E-state index contributed by atoms with van der Waals surface area (Å²) < 4.78 is 104. The van der Waals surface area contributed by atoms with Crippen LogP contribution in [0.4, 0.5) is 13.2 Å². The van der Waals surface area contributed by atoms with E-state index in [1.54, 1.807) is 0 Å². The maximum absolute atomic E-state index is 12.8. The predicted octanol–water partition coefficient (Wildman–Crippen LogP) is 4.49. The van der Waals surface area contributed by atoms with Gasteiger partial charge in [0.15, 0.2) is 5.03 Å². The molecule has 0 radical (unpaired) electrons. The molecular formula is C17H12ClF3N2O5S4. The summed E-state index contributed by atoms with van der Waals surface area (Å²) in [7, 11) is -12.3. The van der Waals surface area contributed by atoms with Gasteiger partial charge in [0.1, 0.15) is 8.42 Å². The number of alkyl halides is 3. The molecule has 0 bridgehead atoms. The molecule has 3 aromatic rings. The van der Waals surface area contributed by atoms with Gasteiger partial charge in [0.25, 0.3) is 10.0 Å². The number of hydrogen-bond acceptors (Lipinski definition) is 7. The van der Waals surface area contributed by atoms with Crippen molar-refractivity contribution < 1.29 is 34.2 Å². The first-order chi connectivity index (χ1) is 14.6. The van der Waals surface area contributed by atoms with Crippen molar-refractivity contribution in [2.24, 2.45) is 3.77 Å². The quantitative estimate of drug-likeness (QED) is 0.468. The summed E-state index contributed by atoms with van der Waals surface area (Å²) in [6.45, 7) is 0. The summed E-state index contributed by atoms with van der Waals surface area (Å²) in [5.41, 5.74) is -1.13. The molecule has 7 nitrogen and oxygen atoms in total. The van der Waals surface area contributed by atoms with Crippen molar-refractivity contribution in [3.63, 3.8) is 0 Å². The first kappa shape index (κ1) is 24.6. The van der Waals surface area contributed by atoms with Crippen molar-refractivity contribution in [2.45, 2.75) is 24.5 Å². The molecule has 1 atom stereocenters. The van der Waals surface area contributed by atoms with Crippen LogP contribution in [0.2, 0.25) is 5.02 Å². The van der Waals surface area contributed by atoms with E-state index in [1.165, 1.54) is 24.3 Å². The van der Waals surface area contributed by atoms with E-state index in [-0.39, 0.29) is 4.90 Å². The number of nitrogens with zero attached hydrogens (tertiary/aromatic N) is 2. The van der Waals surface area contributed by atoms with Crippen LogP contribution in [0.5, 0.6) is 0 Å². The van der Waals surface area contributed by atoms with Crippen molar-refractivity contribution >= 4 is 52.5 Å². The van der Waals surface area contributed by atoms with Gasteiger partial charge in [-0.25, -0.2) is 17.6 Å². The second-order valence-corrected chi connectivity index (χ2v) is 14.2. The third-order valence-electron chi connectivity index (χ3n) is 3.91. The fourth-order valence-corrected chi connectivity index (χ4v) is 8.94. The molecule has 0 saturated carbocycles. The van der Waals surface area contributed by atoms with Crippen molar-refractivity contribution in [1.29, 1.82) is 0 Å². The van der Waals surface area contributed by atoms with Crippen molar-refractivity contribution in [2.75, 3.05) is 6.26 Å². The molecule has 172 valence electrons. The number of rotatable bonds is 5. The summed E-state index contributed by atoms with van der Waals surface area (Å²) in [6.07, 6.45) is -3.23. The highest BCUT2D eigenvalue weighted by Gasteiger charge is 2.32. The molecule has 3 rings (SSSR count). The van der Waals surface area contributed by atoms with Crippen LogP contribution in [0.1, 0.15) is 5.56 Å². The number of pyridine rings is 1. The lowest BCUT2D eigenvalue weighted by atomic mass is 10.3. The maximum atomic E-state index is 12.8. The Labute approximate surface area is 191 Å². The van der Waals surface area contributed by atoms with E-state index in [9.17, 15) is 34.2 Å². The van der Waals surface area contributed by atoms with Gasteiger partial charge in [-0.1, -0.05) is 11.6 Å². The van der Waals surface area contributed by atoms with Gasteiger partial charge >= 0.3 is 6.18 Å². The highest BCUT2D eigenvalue weighted by molar-refractivity contribution is 8.04. The zero-order valence-electron chi connectivity index (χ0n) is 15.8. The minimum Gasteiger partial charge on any atom is -0.244 e. The Kier molecular flexibility index (Phi) is 6.47. The Balaban J connectivity index is 1.98. The molecule has 0 spiro atoms. The van der Waals surface area contributed by atoms with Crippen molar-refractivity contribution in [3.05, 3.63) is 65.3 Å². The minimum absolute atomic E-state index is 0.101. The minimum atomic E-state index is -4.70. The molecule has 0 aliphatic heterocycles. The number of sulfonamides is 1. The molecule has 0 fully saturated rings. The summed E-state index contributed by atoms with van der Waals surface area (Å²) in [4.78, 5) is 3.44. The lowest BCUT2D eigenvalue weighted by Gasteiger charge is -2.06. The van der Waals surface area contributed by atoms with Gasteiger partial charge in [0.05, 0.1) is 15.3 Å². The molecule has 1 aromatic carbocycles. The zero-order valence-corrected chi connectivity index (χ0v) is 19.8. The third-order valence-corrected chi connectivity index (χ3v) is 11.8. The van der Waals surface area contributed by atoms with E-state index < -0.39 is 54.8 Å². The Morgan fingerprint density at radius 3 is 2.03 bits per heavy atom. The first-order valence-corrected chi connectivity index (χ1v) is 14.3. The zero-order chi connectivity index (χ0) is 23.9. The molecule has 0 aliphatic carbocycles. The largest absolute Gasteiger partial charge is 0.417 e. The second-order valence-electron chi connectivity index (χ2n) is 6.27. The summed E-state index contributed by atoms with van der Waals surface area (Å²) >= 11 is 6.07. The van der Waals surface area contributed by atoms with Crippen molar-refractivity contribution in [3.8, 4) is 0 Å². The predicted molar refractivity (Wildman–Crippen MR) is 112 cm³/mol. The number of halogens is 4. The lowest BCUT2D eigenvalue weighted by molar-refractivity contribution is -0.137. The summed E-state index contributed by atoms with van der Waals surface area (Å²) in [5, 5.41) is -0.342. The maximum Gasteiger partial charge on any atom is 0.417 e. The Bertz CT molecular complexity index is 1490. The van der Waals surface area contributed by atoms with Crippen LogP contribution < -0.4 is 0 Å². The van der Waals surface area contributed by atoms with E-state index >= 15 is 0 Å². The number of thiophene rings is 1. The standard InChI is InChI=1S/C17H12ClF3N2O5S4/c1-30(24,13-5-3-12(18)4-6-13)23-32(27,28)16-9-8-15(29-16)31(25,26)14-7-2-11(10-22-14)17(19,20)21/h2-10H,1H3. The van der Waals surface area contributed by atoms with Gasteiger partial charge in [-0.2, -0.15) is 21.6 Å². The Morgan fingerprint density at radius 2 is 1.50 bits per heavy atom. The number of hydrogen-bond donors (Lipinski definition) is 0. The molecule has 0 saturated heterocycles. The van der Waals surface area contributed by atoms with E-state index in [0.717, 1.165) is 18.4 Å². The highest BCUT2D eigenvalue weighted by Crippen LogP contribution is 2.33. The summed E-state index contributed by atoms with van der Waals surface area (Å²) in [5.74, 6) is 0. The fraction of sp³-hybridized carbons (Fsp3) is 0.118. The van der Waals surface area contributed by atoms with Crippen LogP contribution in [0.25, 0.3) is 0 Å². The fourth-order valence-electron chi connectivity index (χ4n) is 2.35. The molecule has 2 aromatic heterocycles. The van der Waals surface area contributed by atoms with Gasteiger partial charge in [-0.3, -0.25) is 0 Å². The highest BCUT2D eigenvalue weighted by atomic mass is 35.5. The van der Waals surface area contributed by atoms with Crippen molar-refractivity contribution in [1.82, 2.24) is 4.98 Å². The molecule has 1 unspecified atom stereocenters. The topological polar surface area (TPSA) is 111 Å². The van der Waals surface area contributed by atoms with Crippen LogP contribution in [-0.2, 0) is 35.8 Å². The van der Waals surface area contributed by atoms with E-state index in [1.807, 2.05) is 0 Å². The van der Waals surface area contributed by atoms with E-state index in [2.05, 4.69) is 8.75 Å². The number of aromatic nitrogens is 1. The van der Waals surface area contributed by atoms with Crippen LogP contribution >= 0.6 is 22.9 Å². The molecule has 2 heterocycles. The molecule has 0 amide bonds. The average Bonchev–Trinajstić information content (AvgIpc) is 3.19. The monoisotopic (exact) mass is 544 g/mol. The van der Waals surface area contributed by atoms with Crippen LogP contribution in [0, 0.1) is 0 Å². The molecule has 0 N–H and O–H groups in total. The second kappa shape index (κ2) is 8.41. The van der Waals surface area contributed by atoms with Gasteiger partial charge < -0.3 is 0 Å². The molecule has 0 aliphatic rings. The SMILES string of the molecule is CS(=O)(=NS(=O)(=O)c1ccc(S(=O)(=O)c2ccc(C(F)(F)F)cn2)s1)c1ccc(Cl)cc1. The van der Waals surface area contributed by atoms with Crippen LogP contribution in [0.15, 0.2) is 76.8 Å². The van der Waals surface area contributed by atoms with E-state index in [4.69, 9.17) is 11.6 Å². The number of benzene rings is 1. The normalized spacial score (nSPS) is 14.7. The first-order valence-electron chi connectivity index (χ1n) is 8.25.